The van der Waals surface area contributed by atoms with E-state index < -0.39 is 18.9 Å². The summed E-state index contributed by atoms with van der Waals surface area (Å²) in [5, 5.41) is 10.1. The Morgan fingerprint density at radius 2 is 1.79 bits per heavy atom. The molecule has 1 aromatic heterocycles. The maximum absolute atomic E-state index is 12.5. The monoisotopic (exact) mass is 278 g/mol. The van der Waals surface area contributed by atoms with Crippen molar-refractivity contribution in [3.05, 3.63) is 59.5 Å². The van der Waals surface area contributed by atoms with E-state index in [1.165, 1.54) is 12.3 Å². The Morgan fingerprint density at radius 1 is 1.16 bits per heavy atom. The molecule has 4 nitrogen and oxygen atoms in total. The fourth-order valence-corrected chi connectivity index (χ4v) is 4.44. The molecular formula is C14H15O4P. The Balaban J connectivity index is 1.85. The van der Waals surface area contributed by atoms with Crippen molar-refractivity contribution in [3.8, 4) is 0 Å². The van der Waals surface area contributed by atoms with Gasteiger partial charge in [0.2, 0.25) is 7.37 Å². The normalized spacial score (nSPS) is 19.9. The number of benzene rings is 1. The van der Waals surface area contributed by atoms with Crippen LogP contribution >= 0.6 is 7.37 Å². The van der Waals surface area contributed by atoms with E-state index in [0.717, 1.165) is 11.1 Å². The molecule has 5 heteroatoms. The molecule has 3 rings (SSSR count). The lowest BCUT2D eigenvalue weighted by atomic mass is 10.1. The summed E-state index contributed by atoms with van der Waals surface area (Å²) >= 11 is 0. The van der Waals surface area contributed by atoms with Gasteiger partial charge >= 0.3 is 0 Å². The van der Waals surface area contributed by atoms with E-state index in [2.05, 4.69) is 0 Å². The zero-order valence-corrected chi connectivity index (χ0v) is 11.2. The third-order valence-corrected chi connectivity index (χ3v) is 6.07. The lowest BCUT2D eigenvalue weighted by Gasteiger charge is -2.22. The first kappa shape index (κ1) is 12.7. The molecule has 0 radical (unpaired) electrons. The minimum Gasteiger partial charge on any atom is -0.466 e. The van der Waals surface area contributed by atoms with Crippen LogP contribution in [0.1, 0.15) is 22.7 Å². The molecule has 1 aromatic carbocycles. The smallest absolute Gasteiger partial charge is 0.239 e. The summed E-state index contributed by atoms with van der Waals surface area (Å²) < 4.78 is 17.6. The zero-order valence-electron chi connectivity index (χ0n) is 10.3. The van der Waals surface area contributed by atoms with E-state index in [1.807, 2.05) is 24.3 Å². The van der Waals surface area contributed by atoms with Crippen LogP contribution in [0.3, 0.4) is 0 Å². The topological polar surface area (TPSA) is 70.7 Å². The molecule has 0 saturated heterocycles. The van der Waals surface area contributed by atoms with Gasteiger partial charge in [0.05, 0.1) is 6.26 Å². The summed E-state index contributed by atoms with van der Waals surface area (Å²) in [7, 11) is -3.74. The molecule has 1 unspecified atom stereocenters. The summed E-state index contributed by atoms with van der Waals surface area (Å²) in [6, 6.07) is 10.9. The van der Waals surface area contributed by atoms with Crippen molar-refractivity contribution in [1.29, 1.82) is 0 Å². The van der Waals surface area contributed by atoms with Crippen molar-refractivity contribution < 1.29 is 19.0 Å². The van der Waals surface area contributed by atoms with Gasteiger partial charge in [-0.25, -0.2) is 0 Å². The van der Waals surface area contributed by atoms with E-state index in [1.54, 1.807) is 6.07 Å². The largest absolute Gasteiger partial charge is 0.466 e. The van der Waals surface area contributed by atoms with Gasteiger partial charge in [-0.2, -0.15) is 0 Å². The van der Waals surface area contributed by atoms with E-state index in [-0.39, 0.29) is 5.76 Å². The van der Waals surface area contributed by atoms with Gasteiger partial charge in [0.25, 0.3) is 0 Å². The van der Waals surface area contributed by atoms with Crippen LogP contribution in [0, 0.1) is 0 Å². The second-order valence-corrected chi connectivity index (χ2v) is 7.46. The third kappa shape index (κ3) is 2.16. The van der Waals surface area contributed by atoms with Crippen molar-refractivity contribution in [2.75, 3.05) is 0 Å². The molecule has 100 valence electrons. The van der Waals surface area contributed by atoms with Crippen LogP contribution in [0.4, 0.5) is 0 Å². The molecule has 19 heavy (non-hydrogen) atoms. The van der Waals surface area contributed by atoms with Crippen LogP contribution in [0.25, 0.3) is 0 Å². The minimum absolute atomic E-state index is 0.154. The van der Waals surface area contributed by atoms with Crippen molar-refractivity contribution >= 4 is 7.37 Å². The lowest BCUT2D eigenvalue weighted by molar-refractivity contribution is 0.203. The highest BCUT2D eigenvalue weighted by atomic mass is 31.2. The van der Waals surface area contributed by atoms with Crippen LogP contribution in [0.2, 0.25) is 0 Å². The number of hydrogen-bond donors (Lipinski definition) is 2. The summed E-state index contributed by atoms with van der Waals surface area (Å²) in [5.41, 5.74) is 1.74. The average Bonchev–Trinajstić information content (AvgIpc) is 3.06. The second-order valence-electron chi connectivity index (χ2n) is 4.89. The molecule has 1 aliphatic carbocycles. The molecule has 0 saturated carbocycles. The number of rotatable bonds is 3. The van der Waals surface area contributed by atoms with Crippen molar-refractivity contribution in [2.45, 2.75) is 24.3 Å². The number of hydrogen-bond acceptors (Lipinski definition) is 3. The maximum Gasteiger partial charge on any atom is 0.239 e. The second kappa shape index (κ2) is 4.64. The highest BCUT2D eigenvalue weighted by Gasteiger charge is 2.43. The molecular weight excluding hydrogens is 263 g/mol. The molecule has 0 aliphatic heterocycles. The number of aliphatic hydroxyl groups excluding tert-OH is 1. The molecule has 1 heterocycles. The zero-order chi connectivity index (χ0) is 13.5. The van der Waals surface area contributed by atoms with Gasteiger partial charge in [-0.3, -0.25) is 4.57 Å². The molecule has 2 atom stereocenters. The SMILES string of the molecule is O=P(O)(C1Cc2ccccc2C1)[C@@H](O)c1ccco1. The molecule has 2 aromatic rings. The van der Waals surface area contributed by atoms with Crippen LogP contribution in [-0.4, -0.2) is 15.7 Å². The van der Waals surface area contributed by atoms with Crippen LogP contribution < -0.4 is 0 Å². The summed E-state index contributed by atoms with van der Waals surface area (Å²) in [6.07, 6.45) is 2.45. The summed E-state index contributed by atoms with van der Waals surface area (Å²) in [4.78, 5) is 10.3. The maximum atomic E-state index is 12.5. The molecule has 0 spiro atoms. The van der Waals surface area contributed by atoms with E-state index >= 15 is 0 Å². The van der Waals surface area contributed by atoms with Crippen LogP contribution in [0.5, 0.6) is 0 Å². The molecule has 0 amide bonds. The fourth-order valence-electron chi connectivity index (χ4n) is 2.62. The Hall–Kier alpha value is -1.35. The quantitative estimate of drug-likeness (QED) is 0.847. The Bertz CT molecular complexity index is 595. The van der Waals surface area contributed by atoms with Crippen molar-refractivity contribution in [3.63, 3.8) is 0 Å². The van der Waals surface area contributed by atoms with Gasteiger partial charge in [0, 0.05) is 5.66 Å². The molecule has 1 aliphatic rings. The van der Waals surface area contributed by atoms with Crippen molar-refractivity contribution in [1.82, 2.24) is 0 Å². The minimum atomic E-state index is -3.74. The molecule has 2 N–H and O–H groups in total. The Morgan fingerprint density at radius 3 is 2.32 bits per heavy atom. The van der Waals surface area contributed by atoms with E-state index in [0.29, 0.717) is 12.8 Å². The molecule has 0 bridgehead atoms. The van der Waals surface area contributed by atoms with E-state index in [9.17, 15) is 14.6 Å². The fraction of sp³-hybridized carbons (Fsp3) is 0.286. The van der Waals surface area contributed by atoms with Gasteiger partial charge < -0.3 is 14.4 Å². The van der Waals surface area contributed by atoms with Gasteiger partial charge in [-0.1, -0.05) is 24.3 Å². The summed E-state index contributed by atoms with van der Waals surface area (Å²) in [5.74, 6) is -1.29. The predicted molar refractivity (Wildman–Crippen MR) is 71.1 cm³/mol. The highest BCUT2D eigenvalue weighted by molar-refractivity contribution is 7.58. The van der Waals surface area contributed by atoms with Crippen LogP contribution in [-0.2, 0) is 17.4 Å². The third-order valence-electron chi connectivity index (χ3n) is 3.70. The average molecular weight is 278 g/mol. The highest BCUT2D eigenvalue weighted by Crippen LogP contribution is 2.61. The number of fused-ring (bicyclic) bond motifs is 1. The predicted octanol–water partition coefficient (Wildman–Crippen LogP) is 2.71. The Kier molecular flexibility index (Phi) is 3.09. The first-order chi connectivity index (χ1) is 9.09. The molecule has 0 fully saturated rings. The summed E-state index contributed by atoms with van der Waals surface area (Å²) in [6.45, 7) is 0. The van der Waals surface area contributed by atoms with Gasteiger partial charge in [-0.15, -0.1) is 0 Å². The van der Waals surface area contributed by atoms with E-state index in [4.69, 9.17) is 4.42 Å². The number of aliphatic hydroxyl groups is 1. The standard InChI is InChI=1S/C14H15O4P/c15-14(13-6-3-7-18-13)19(16,17)12-8-10-4-1-2-5-11(10)9-12/h1-7,12,14-15H,8-9H2,(H,16,17)/t14-/m1/s1. The van der Waals surface area contributed by atoms with Gasteiger partial charge in [0.15, 0.2) is 5.85 Å². The van der Waals surface area contributed by atoms with Gasteiger partial charge in [0.1, 0.15) is 5.76 Å². The lowest BCUT2D eigenvalue weighted by Crippen LogP contribution is -2.13. The first-order valence-corrected chi connectivity index (χ1v) is 7.99. The first-order valence-electron chi connectivity index (χ1n) is 6.19. The van der Waals surface area contributed by atoms with Crippen molar-refractivity contribution in [2.24, 2.45) is 0 Å². The number of furan rings is 1. The Labute approximate surface area is 111 Å². The van der Waals surface area contributed by atoms with Crippen LogP contribution in [0.15, 0.2) is 47.1 Å². The van der Waals surface area contributed by atoms with Gasteiger partial charge in [-0.05, 0) is 36.1 Å².